The number of hydrogen-bond acceptors (Lipinski definition) is 1. The van der Waals surface area contributed by atoms with Gasteiger partial charge in [-0.15, -0.1) is 0 Å². The summed E-state index contributed by atoms with van der Waals surface area (Å²) in [4.78, 5) is 4.61. The second-order valence-corrected chi connectivity index (χ2v) is 6.67. The number of pyridine rings is 1. The molecule has 0 N–H and O–H groups in total. The maximum atomic E-state index is 4.61. The topological polar surface area (TPSA) is 12.9 Å². The number of aryl methyl sites for hydroxylation is 4. The van der Waals surface area contributed by atoms with Crippen molar-refractivity contribution in [2.75, 3.05) is 0 Å². The van der Waals surface area contributed by atoms with E-state index in [-0.39, 0.29) is 0 Å². The Kier molecular flexibility index (Phi) is 6.00. The van der Waals surface area contributed by atoms with Gasteiger partial charge in [0.2, 0.25) is 0 Å². The van der Waals surface area contributed by atoms with Gasteiger partial charge in [-0.25, -0.2) is 0 Å². The molecular weight excluding hydrogens is 302 g/mol. The van der Waals surface area contributed by atoms with Gasteiger partial charge >= 0.3 is 0 Å². The normalized spacial score (nSPS) is 10.8. The van der Waals surface area contributed by atoms with Crippen LogP contribution in [0.4, 0.5) is 0 Å². The van der Waals surface area contributed by atoms with E-state index >= 15 is 0 Å². The van der Waals surface area contributed by atoms with Gasteiger partial charge in [0, 0.05) is 11.8 Å². The predicted octanol–water partition coefficient (Wildman–Crippen LogP) is 6.05. The van der Waals surface area contributed by atoms with Crippen molar-refractivity contribution in [3.8, 4) is 11.3 Å². The van der Waals surface area contributed by atoms with Crippen LogP contribution in [0.15, 0.2) is 66.9 Å². The van der Waals surface area contributed by atoms with E-state index in [4.69, 9.17) is 0 Å². The molecule has 0 unspecified atom stereocenters. The first-order valence-corrected chi connectivity index (χ1v) is 9.40. The van der Waals surface area contributed by atoms with Crippen molar-refractivity contribution < 1.29 is 0 Å². The Labute approximate surface area is 151 Å². The van der Waals surface area contributed by atoms with Crippen LogP contribution in [-0.2, 0) is 25.7 Å². The summed E-state index contributed by atoms with van der Waals surface area (Å²) in [5.74, 6) is 0. The highest BCUT2D eigenvalue weighted by atomic mass is 14.7. The second kappa shape index (κ2) is 8.62. The molecule has 2 aromatic carbocycles. The third kappa shape index (κ3) is 4.79. The maximum absolute atomic E-state index is 4.61. The molecule has 1 aromatic heterocycles. The molecule has 25 heavy (non-hydrogen) atoms. The van der Waals surface area contributed by atoms with Gasteiger partial charge < -0.3 is 0 Å². The van der Waals surface area contributed by atoms with Crippen LogP contribution in [-0.4, -0.2) is 4.98 Å². The zero-order chi connectivity index (χ0) is 17.5. The first kappa shape index (κ1) is 17.4. The van der Waals surface area contributed by atoms with E-state index in [9.17, 15) is 0 Å². The third-order valence-electron chi connectivity index (χ3n) is 4.75. The summed E-state index contributed by atoms with van der Waals surface area (Å²) in [5, 5.41) is 0. The molecule has 0 fully saturated rings. The lowest BCUT2D eigenvalue weighted by atomic mass is 10.0. The minimum atomic E-state index is 1.06. The number of nitrogens with zero attached hydrogens (tertiary/aromatic N) is 1. The SMILES string of the molecule is CCCc1ccc(-c2ccc(CCc3ccc(CC)cc3)cc2)nc1. The number of hydrogen-bond donors (Lipinski definition) is 0. The summed E-state index contributed by atoms with van der Waals surface area (Å²) in [6, 6.07) is 22.2. The summed E-state index contributed by atoms with van der Waals surface area (Å²) in [7, 11) is 0. The fourth-order valence-corrected chi connectivity index (χ4v) is 3.10. The molecule has 0 amide bonds. The first-order chi connectivity index (χ1) is 12.3. The number of rotatable bonds is 7. The molecule has 3 aromatic rings. The highest BCUT2D eigenvalue weighted by molar-refractivity contribution is 5.59. The van der Waals surface area contributed by atoms with Gasteiger partial charge in [-0.3, -0.25) is 4.98 Å². The van der Waals surface area contributed by atoms with E-state index in [0.29, 0.717) is 0 Å². The number of benzene rings is 2. The third-order valence-corrected chi connectivity index (χ3v) is 4.75. The van der Waals surface area contributed by atoms with Crippen LogP contribution >= 0.6 is 0 Å². The summed E-state index contributed by atoms with van der Waals surface area (Å²) in [6.45, 7) is 4.40. The van der Waals surface area contributed by atoms with Crippen LogP contribution in [0.3, 0.4) is 0 Å². The molecule has 0 aliphatic heterocycles. The van der Waals surface area contributed by atoms with Crippen molar-refractivity contribution in [2.45, 2.75) is 46.0 Å². The maximum Gasteiger partial charge on any atom is 0.0702 e. The smallest absolute Gasteiger partial charge is 0.0702 e. The first-order valence-electron chi connectivity index (χ1n) is 9.40. The minimum absolute atomic E-state index is 1.06. The van der Waals surface area contributed by atoms with E-state index in [2.05, 4.69) is 79.5 Å². The van der Waals surface area contributed by atoms with Crippen LogP contribution in [0.25, 0.3) is 11.3 Å². The van der Waals surface area contributed by atoms with Crippen molar-refractivity contribution in [3.05, 3.63) is 89.1 Å². The van der Waals surface area contributed by atoms with E-state index < -0.39 is 0 Å². The lowest BCUT2D eigenvalue weighted by molar-refractivity contribution is 0.914. The molecule has 0 spiro atoms. The molecule has 0 radical (unpaired) electrons. The predicted molar refractivity (Wildman–Crippen MR) is 107 cm³/mol. The number of aromatic nitrogens is 1. The lowest BCUT2D eigenvalue weighted by Crippen LogP contribution is -1.93. The highest BCUT2D eigenvalue weighted by Gasteiger charge is 2.01. The molecule has 0 aliphatic rings. The molecular formula is C24H27N. The van der Waals surface area contributed by atoms with Crippen LogP contribution in [0.1, 0.15) is 42.5 Å². The molecule has 0 bridgehead atoms. The van der Waals surface area contributed by atoms with Gasteiger partial charge in [0.15, 0.2) is 0 Å². The van der Waals surface area contributed by atoms with Crippen molar-refractivity contribution in [2.24, 2.45) is 0 Å². The van der Waals surface area contributed by atoms with Crippen LogP contribution in [0, 0.1) is 0 Å². The van der Waals surface area contributed by atoms with E-state index in [1.807, 2.05) is 6.20 Å². The quantitative estimate of drug-likeness (QED) is 0.514. The largest absolute Gasteiger partial charge is 0.256 e. The Bertz CT molecular complexity index is 768. The molecule has 128 valence electrons. The Hall–Kier alpha value is -2.41. The van der Waals surface area contributed by atoms with Crippen LogP contribution in [0.2, 0.25) is 0 Å². The molecule has 0 atom stereocenters. The minimum Gasteiger partial charge on any atom is -0.256 e. The van der Waals surface area contributed by atoms with Crippen LogP contribution in [0.5, 0.6) is 0 Å². The monoisotopic (exact) mass is 329 g/mol. The van der Waals surface area contributed by atoms with Gasteiger partial charge in [0.05, 0.1) is 5.69 Å². The van der Waals surface area contributed by atoms with Crippen molar-refractivity contribution >= 4 is 0 Å². The zero-order valence-electron chi connectivity index (χ0n) is 15.3. The van der Waals surface area contributed by atoms with Crippen molar-refractivity contribution in [1.82, 2.24) is 4.98 Å². The van der Waals surface area contributed by atoms with Gasteiger partial charge in [-0.05, 0) is 54.0 Å². The summed E-state index contributed by atoms with van der Waals surface area (Å²) < 4.78 is 0. The van der Waals surface area contributed by atoms with Gasteiger partial charge in [0.25, 0.3) is 0 Å². The van der Waals surface area contributed by atoms with Gasteiger partial charge in [-0.2, -0.15) is 0 Å². The Morgan fingerprint density at radius 3 is 1.68 bits per heavy atom. The average Bonchev–Trinajstić information content (AvgIpc) is 2.68. The Morgan fingerprint density at radius 2 is 1.16 bits per heavy atom. The van der Waals surface area contributed by atoms with Crippen molar-refractivity contribution in [1.29, 1.82) is 0 Å². The standard InChI is InChI=1S/C24H27N/c1-3-5-22-14-17-24(25-18-22)23-15-12-21(13-16-23)11-10-20-8-6-19(4-2)7-9-20/h6-9,12-18H,3-5,10-11H2,1-2H3. The summed E-state index contributed by atoms with van der Waals surface area (Å²) >= 11 is 0. The Morgan fingerprint density at radius 1 is 0.600 bits per heavy atom. The second-order valence-electron chi connectivity index (χ2n) is 6.67. The molecule has 1 nitrogen and oxygen atoms in total. The summed E-state index contributed by atoms with van der Waals surface area (Å²) in [5.41, 5.74) is 7.77. The highest BCUT2D eigenvalue weighted by Crippen LogP contribution is 2.19. The van der Waals surface area contributed by atoms with E-state index in [1.165, 1.54) is 27.8 Å². The average molecular weight is 329 g/mol. The molecule has 1 heterocycles. The zero-order valence-corrected chi connectivity index (χ0v) is 15.3. The van der Waals surface area contributed by atoms with Crippen molar-refractivity contribution in [3.63, 3.8) is 0 Å². The molecule has 3 rings (SSSR count). The molecule has 0 saturated carbocycles. The molecule has 1 heteroatoms. The fourth-order valence-electron chi connectivity index (χ4n) is 3.10. The summed E-state index contributed by atoms with van der Waals surface area (Å²) in [6.07, 6.45) is 7.55. The lowest BCUT2D eigenvalue weighted by Gasteiger charge is -2.06. The fraction of sp³-hybridized carbons (Fsp3) is 0.292. The van der Waals surface area contributed by atoms with E-state index in [1.54, 1.807) is 0 Å². The van der Waals surface area contributed by atoms with Gasteiger partial charge in [0.1, 0.15) is 0 Å². The molecule has 0 saturated heterocycles. The Balaban J connectivity index is 1.61. The van der Waals surface area contributed by atoms with E-state index in [0.717, 1.165) is 37.8 Å². The molecule has 0 aliphatic carbocycles. The van der Waals surface area contributed by atoms with Crippen LogP contribution < -0.4 is 0 Å². The van der Waals surface area contributed by atoms with Gasteiger partial charge in [-0.1, -0.05) is 74.9 Å².